The van der Waals surface area contributed by atoms with Gasteiger partial charge in [-0.1, -0.05) is 0 Å². The third-order valence-electron chi connectivity index (χ3n) is 4.23. The summed E-state index contributed by atoms with van der Waals surface area (Å²) in [5, 5.41) is 13.1. The predicted molar refractivity (Wildman–Crippen MR) is 73.2 cm³/mol. The SMILES string of the molecule is CC(C)NC(CN(C)C1CCOC1)(C(=O)O)C1CC1. The molecule has 1 heterocycles. The Kier molecular flexibility index (Phi) is 4.48. The molecule has 5 heteroatoms. The van der Waals surface area contributed by atoms with Crippen LogP contribution in [0.5, 0.6) is 0 Å². The van der Waals surface area contributed by atoms with E-state index in [1.54, 1.807) is 0 Å². The molecule has 2 fully saturated rings. The molecular weight excluding hydrogens is 244 g/mol. The van der Waals surface area contributed by atoms with Crippen LogP contribution in [0.1, 0.15) is 33.1 Å². The third kappa shape index (κ3) is 3.27. The zero-order valence-electron chi connectivity index (χ0n) is 12.2. The highest BCUT2D eigenvalue weighted by atomic mass is 16.5. The standard InChI is InChI=1S/C14H26N2O3/c1-10(2)15-14(13(17)18,11-4-5-11)9-16(3)12-6-7-19-8-12/h10-12,15H,4-9H2,1-3H3,(H,17,18). The molecule has 0 bridgehead atoms. The summed E-state index contributed by atoms with van der Waals surface area (Å²) in [6.07, 6.45) is 3.03. The summed E-state index contributed by atoms with van der Waals surface area (Å²) in [6, 6.07) is 0.524. The minimum Gasteiger partial charge on any atom is -0.480 e. The average molecular weight is 270 g/mol. The van der Waals surface area contributed by atoms with Crippen LogP contribution >= 0.6 is 0 Å². The van der Waals surface area contributed by atoms with Crippen molar-refractivity contribution in [2.75, 3.05) is 26.8 Å². The Balaban J connectivity index is 2.09. The van der Waals surface area contributed by atoms with Gasteiger partial charge in [-0.25, -0.2) is 0 Å². The highest BCUT2D eigenvalue weighted by Gasteiger charge is 2.52. The first-order valence-corrected chi connectivity index (χ1v) is 7.25. The van der Waals surface area contributed by atoms with Gasteiger partial charge in [0, 0.05) is 25.2 Å². The number of hydrogen-bond donors (Lipinski definition) is 2. The quantitative estimate of drug-likeness (QED) is 0.721. The monoisotopic (exact) mass is 270 g/mol. The molecule has 1 saturated heterocycles. The van der Waals surface area contributed by atoms with Crippen molar-refractivity contribution < 1.29 is 14.6 Å². The maximum absolute atomic E-state index is 11.9. The van der Waals surface area contributed by atoms with Crippen LogP contribution < -0.4 is 5.32 Å². The van der Waals surface area contributed by atoms with E-state index in [1.165, 1.54) is 0 Å². The van der Waals surface area contributed by atoms with Gasteiger partial charge >= 0.3 is 5.97 Å². The fraction of sp³-hybridized carbons (Fsp3) is 0.929. The van der Waals surface area contributed by atoms with Crippen LogP contribution in [0, 0.1) is 5.92 Å². The maximum Gasteiger partial charge on any atom is 0.325 e. The lowest BCUT2D eigenvalue weighted by atomic mass is 9.90. The lowest BCUT2D eigenvalue weighted by molar-refractivity contribution is -0.147. The Hall–Kier alpha value is -0.650. The molecular formula is C14H26N2O3. The fourth-order valence-corrected chi connectivity index (χ4v) is 3.08. The molecule has 1 saturated carbocycles. The van der Waals surface area contributed by atoms with E-state index in [0.717, 1.165) is 32.5 Å². The normalized spacial score (nSPS) is 26.9. The molecule has 2 aliphatic rings. The summed E-state index contributed by atoms with van der Waals surface area (Å²) in [5.41, 5.74) is -0.800. The topological polar surface area (TPSA) is 61.8 Å². The van der Waals surface area contributed by atoms with Crippen molar-refractivity contribution in [3.05, 3.63) is 0 Å². The van der Waals surface area contributed by atoms with Crippen molar-refractivity contribution in [2.24, 2.45) is 5.92 Å². The largest absolute Gasteiger partial charge is 0.480 e. The predicted octanol–water partition coefficient (Wildman–Crippen LogP) is 0.939. The Bertz CT molecular complexity index is 325. The van der Waals surface area contributed by atoms with E-state index in [9.17, 15) is 9.90 Å². The molecule has 0 aromatic rings. The molecule has 5 nitrogen and oxygen atoms in total. The van der Waals surface area contributed by atoms with Crippen LogP contribution in [-0.4, -0.2) is 60.4 Å². The average Bonchev–Trinajstić information content (AvgIpc) is 3.02. The van der Waals surface area contributed by atoms with Gasteiger partial charge in [0.1, 0.15) is 5.54 Å². The molecule has 2 rings (SSSR count). The number of carboxylic acids is 1. The minimum atomic E-state index is -0.800. The Labute approximate surface area is 115 Å². The van der Waals surface area contributed by atoms with Gasteiger partial charge in [0.2, 0.25) is 0 Å². The minimum absolute atomic E-state index is 0.171. The van der Waals surface area contributed by atoms with Gasteiger partial charge in [-0.3, -0.25) is 15.0 Å². The summed E-state index contributed by atoms with van der Waals surface area (Å²) >= 11 is 0. The summed E-state index contributed by atoms with van der Waals surface area (Å²) < 4.78 is 5.40. The van der Waals surface area contributed by atoms with Crippen molar-refractivity contribution >= 4 is 5.97 Å². The first-order valence-electron chi connectivity index (χ1n) is 7.25. The molecule has 1 aliphatic carbocycles. The van der Waals surface area contributed by atoms with Crippen LogP contribution in [-0.2, 0) is 9.53 Å². The van der Waals surface area contributed by atoms with Crippen molar-refractivity contribution in [3.63, 3.8) is 0 Å². The van der Waals surface area contributed by atoms with Gasteiger partial charge in [-0.15, -0.1) is 0 Å². The van der Waals surface area contributed by atoms with E-state index in [4.69, 9.17) is 4.74 Å². The van der Waals surface area contributed by atoms with Gasteiger partial charge in [-0.2, -0.15) is 0 Å². The third-order valence-corrected chi connectivity index (χ3v) is 4.23. The highest BCUT2D eigenvalue weighted by molar-refractivity contribution is 5.80. The van der Waals surface area contributed by atoms with Crippen molar-refractivity contribution in [1.29, 1.82) is 0 Å². The molecule has 1 aliphatic heterocycles. The lowest BCUT2D eigenvalue weighted by Gasteiger charge is -2.38. The van der Waals surface area contributed by atoms with E-state index in [-0.39, 0.29) is 12.0 Å². The van der Waals surface area contributed by atoms with Crippen LogP contribution in [0.3, 0.4) is 0 Å². The number of nitrogens with zero attached hydrogens (tertiary/aromatic N) is 1. The fourth-order valence-electron chi connectivity index (χ4n) is 3.08. The first kappa shape index (κ1) is 14.8. The number of carboxylic acid groups (broad SMARTS) is 1. The number of ether oxygens (including phenoxy) is 1. The Morgan fingerprint density at radius 2 is 2.16 bits per heavy atom. The molecule has 0 aromatic carbocycles. The second-order valence-electron chi connectivity index (χ2n) is 6.28. The second-order valence-corrected chi connectivity index (χ2v) is 6.28. The van der Waals surface area contributed by atoms with E-state index >= 15 is 0 Å². The highest BCUT2D eigenvalue weighted by Crippen LogP contribution is 2.41. The van der Waals surface area contributed by atoms with E-state index in [0.29, 0.717) is 12.6 Å². The molecule has 2 unspecified atom stereocenters. The Morgan fingerprint density at radius 1 is 1.47 bits per heavy atom. The van der Waals surface area contributed by atoms with Gasteiger partial charge < -0.3 is 9.84 Å². The number of nitrogens with one attached hydrogen (secondary N) is 1. The summed E-state index contributed by atoms with van der Waals surface area (Å²) in [4.78, 5) is 14.0. The number of carbonyl (C=O) groups is 1. The Morgan fingerprint density at radius 3 is 2.58 bits per heavy atom. The van der Waals surface area contributed by atoms with E-state index in [1.807, 2.05) is 20.9 Å². The molecule has 2 atom stereocenters. The van der Waals surface area contributed by atoms with Crippen molar-refractivity contribution in [2.45, 2.75) is 50.7 Å². The van der Waals surface area contributed by atoms with Crippen LogP contribution in [0.2, 0.25) is 0 Å². The van der Waals surface area contributed by atoms with Crippen LogP contribution in [0.25, 0.3) is 0 Å². The summed E-state index contributed by atoms with van der Waals surface area (Å²) in [5.74, 6) is -0.452. The first-order chi connectivity index (χ1) is 8.95. The van der Waals surface area contributed by atoms with Gasteiger partial charge in [0.25, 0.3) is 0 Å². The zero-order chi connectivity index (χ0) is 14.0. The molecule has 110 valence electrons. The second kappa shape index (κ2) is 5.77. The van der Waals surface area contributed by atoms with E-state index < -0.39 is 11.5 Å². The summed E-state index contributed by atoms with van der Waals surface area (Å²) in [7, 11) is 2.02. The molecule has 0 aromatic heterocycles. The smallest absolute Gasteiger partial charge is 0.325 e. The number of likely N-dealkylation sites (N-methyl/N-ethyl adjacent to an activating group) is 1. The number of hydrogen-bond acceptors (Lipinski definition) is 4. The van der Waals surface area contributed by atoms with Crippen LogP contribution in [0.4, 0.5) is 0 Å². The van der Waals surface area contributed by atoms with Crippen molar-refractivity contribution in [3.8, 4) is 0 Å². The van der Waals surface area contributed by atoms with Crippen molar-refractivity contribution in [1.82, 2.24) is 10.2 Å². The maximum atomic E-state index is 11.9. The van der Waals surface area contributed by atoms with Gasteiger partial charge in [-0.05, 0) is 46.1 Å². The molecule has 0 spiro atoms. The molecule has 2 N–H and O–H groups in total. The zero-order valence-corrected chi connectivity index (χ0v) is 12.2. The van der Waals surface area contributed by atoms with Gasteiger partial charge in [0.05, 0.1) is 6.61 Å². The number of rotatable bonds is 7. The summed E-state index contributed by atoms with van der Waals surface area (Å²) in [6.45, 7) is 6.09. The lowest BCUT2D eigenvalue weighted by Crippen LogP contribution is -2.63. The molecule has 0 amide bonds. The van der Waals surface area contributed by atoms with E-state index in [2.05, 4.69) is 10.2 Å². The molecule has 0 radical (unpaired) electrons. The molecule has 19 heavy (non-hydrogen) atoms. The van der Waals surface area contributed by atoms with Gasteiger partial charge in [0.15, 0.2) is 0 Å². The van der Waals surface area contributed by atoms with Crippen LogP contribution in [0.15, 0.2) is 0 Å². The number of aliphatic carboxylic acids is 1.